The van der Waals surface area contributed by atoms with E-state index in [4.69, 9.17) is 5.73 Å². The summed E-state index contributed by atoms with van der Waals surface area (Å²) < 4.78 is 0. The van der Waals surface area contributed by atoms with Gasteiger partial charge in [-0.1, -0.05) is 13.8 Å². The molecule has 0 fully saturated rings. The summed E-state index contributed by atoms with van der Waals surface area (Å²) in [5.41, 5.74) is 7.10. The van der Waals surface area contributed by atoms with E-state index in [1.807, 2.05) is 6.20 Å². The third-order valence-electron chi connectivity index (χ3n) is 2.64. The summed E-state index contributed by atoms with van der Waals surface area (Å²) in [6.07, 6.45) is 1.86. The lowest BCUT2D eigenvalue weighted by Crippen LogP contribution is -2.18. The Bertz CT molecular complexity index is 470. The predicted molar refractivity (Wildman–Crippen MR) is 68.4 cm³/mol. The first-order chi connectivity index (χ1) is 7.58. The second-order valence-corrected chi connectivity index (χ2v) is 5.65. The Labute approximate surface area is 99.7 Å². The Balaban J connectivity index is 2.26. The number of nitrogens with two attached hydrogens (primary N) is 1. The Morgan fingerprint density at radius 2 is 2.12 bits per heavy atom. The Kier molecular flexibility index (Phi) is 3.12. The fraction of sp³-hybridized carbons (Fsp3) is 0.417. The van der Waals surface area contributed by atoms with Crippen LogP contribution in [0.2, 0.25) is 0 Å². The highest BCUT2D eigenvalue weighted by Gasteiger charge is 2.14. The van der Waals surface area contributed by atoms with Gasteiger partial charge in [-0.05, 0) is 25.0 Å². The van der Waals surface area contributed by atoms with Gasteiger partial charge in [0.25, 0.3) is 0 Å². The van der Waals surface area contributed by atoms with Crippen molar-refractivity contribution < 1.29 is 0 Å². The highest BCUT2D eigenvalue weighted by atomic mass is 32.1. The smallest absolute Gasteiger partial charge is 0.123 e. The van der Waals surface area contributed by atoms with Crippen LogP contribution in [0.25, 0.3) is 10.6 Å². The van der Waals surface area contributed by atoms with Crippen molar-refractivity contribution in [3.05, 3.63) is 29.0 Å². The molecule has 1 unspecified atom stereocenters. The van der Waals surface area contributed by atoms with E-state index in [9.17, 15) is 0 Å². The van der Waals surface area contributed by atoms with Crippen molar-refractivity contribution >= 4 is 11.3 Å². The van der Waals surface area contributed by atoms with E-state index in [0.29, 0.717) is 5.92 Å². The monoisotopic (exact) mass is 235 g/mol. The summed E-state index contributed by atoms with van der Waals surface area (Å²) in [5, 5.41) is 0. The molecule has 0 aliphatic carbocycles. The molecule has 0 amide bonds. The molecule has 16 heavy (non-hydrogen) atoms. The molecule has 0 saturated heterocycles. The zero-order valence-corrected chi connectivity index (χ0v) is 10.6. The van der Waals surface area contributed by atoms with Crippen molar-refractivity contribution in [2.75, 3.05) is 0 Å². The van der Waals surface area contributed by atoms with Crippen LogP contribution in [0.4, 0.5) is 0 Å². The van der Waals surface area contributed by atoms with E-state index in [2.05, 4.69) is 42.9 Å². The van der Waals surface area contributed by atoms with Gasteiger partial charge in [-0.3, -0.25) is 0 Å². The highest BCUT2D eigenvalue weighted by molar-refractivity contribution is 7.15. The van der Waals surface area contributed by atoms with Gasteiger partial charge in [-0.25, -0.2) is 4.98 Å². The quantitative estimate of drug-likeness (QED) is 0.859. The fourth-order valence-corrected chi connectivity index (χ4v) is 2.36. The van der Waals surface area contributed by atoms with E-state index < -0.39 is 0 Å². The molecular weight excluding hydrogens is 218 g/mol. The number of aryl methyl sites for hydroxylation is 1. The molecule has 0 saturated carbocycles. The van der Waals surface area contributed by atoms with E-state index in [-0.39, 0.29) is 6.04 Å². The predicted octanol–water partition coefficient (Wildman–Crippen LogP) is 3.10. The summed E-state index contributed by atoms with van der Waals surface area (Å²) >= 11 is 1.76. The van der Waals surface area contributed by atoms with Crippen LogP contribution in [0, 0.1) is 12.8 Å². The average Bonchev–Trinajstić information content (AvgIpc) is 2.84. The van der Waals surface area contributed by atoms with Gasteiger partial charge < -0.3 is 10.7 Å². The van der Waals surface area contributed by atoms with E-state index in [1.165, 1.54) is 9.75 Å². The molecule has 1 atom stereocenters. The lowest BCUT2D eigenvalue weighted by molar-refractivity contribution is 0.494. The zero-order chi connectivity index (χ0) is 11.7. The topological polar surface area (TPSA) is 54.7 Å². The van der Waals surface area contributed by atoms with E-state index in [0.717, 1.165) is 11.5 Å². The van der Waals surface area contributed by atoms with Crippen LogP contribution in [0.15, 0.2) is 18.3 Å². The Morgan fingerprint density at radius 3 is 2.69 bits per heavy atom. The molecule has 0 aromatic carbocycles. The van der Waals surface area contributed by atoms with Crippen molar-refractivity contribution in [3.63, 3.8) is 0 Å². The van der Waals surface area contributed by atoms with E-state index >= 15 is 0 Å². The minimum Gasteiger partial charge on any atom is -0.340 e. The molecule has 2 heterocycles. The number of imidazole rings is 1. The molecule has 2 aromatic rings. The largest absolute Gasteiger partial charge is 0.340 e. The van der Waals surface area contributed by atoms with Gasteiger partial charge in [-0.2, -0.15) is 0 Å². The minimum absolute atomic E-state index is 0.0187. The maximum absolute atomic E-state index is 6.04. The summed E-state index contributed by atoms with van der Waals surface area (Å²) in [4.78, 5) is 10.2. The molecule has 0 aliphatic rings. The number of aromatic amines is 1. The molecule has 2 aromatic heterocycles. The number of nitrogens with one attached hydrogen (secondary N) is 1. The van der Waals surface area contributed by atoms with Crippen molar-refractivity contribution in [3.8, 4) is 10.6 Å². The van der Waals surface area contributed by atoms with Crippen molar-refractivity contribution in [1.29, 1.82) is 0 Å². The summed E-state index contributed by atoms with van der Waals surface area (Å²) in [6.45, 7) is 6.30. The first-order valence-electron chi connectivity index (χ1n) is 5.45. The van der Waals surface area contributed by atoms with Crippen LogP contribution in [-0.4, -0.2) is 9.97 Å². The Morgan fingerprint density at radius 1 is 1.38 bits per heavy atom. The van der Waals surface area contributed by atoms with Crippen molar-refractivity contribution in [1.82, 2.24) is 9.97 Å². The van der Waals surface area contributed by atoms with Crippen LogP contribution in [0.1, 0.15) is 30.6 Å². The maximum atomic E-state index is 6.04. The summed E-state index contributed by atoms with van der Waals surface area (Å²) in [6, 6.07) is 4.20. The van der Waals surface area contributed by atoms with Crippen LogP contribution in [-0.2, 0) is 0 Å². The number of nitrogens with zero attached hydrogens (tertiary/aromatic N) is 1. The molecule has 0 aliphatic heterocycles. The maximum Gasteiger partial charge on any atom is 0.123 e. The van der Waals surface area contributed by atoms with Crippen LogP contribution in [0.5, 0.6) is 0 Å². The van der Waals surface area contributed by atoms with Crippen LogP contribution >= 0.6 is 11.3 Å². The van der Waals surface area contributed by atoms with Crippen LogP contribution in [0.3, 0.4) is 0 Å². The van der Waals surface area contributed by atoms with Gasteiger partial charge >= 0.3 is 0 Å². The molecule has 4 heteroatoms. The Hall–Kier alpha value is -1.13. The molecule has 86 valence electrons. The van der Waals surface area contributed by atoms with Crippen molar-refractivity contribution in [2.24, 2.45) is 11.7 Å². The standard InChI is InChI=1S/C12H17N3S/c1-7(2)11(13)12-14-6-9(15-12)10-5-4-8(3)16-10/h4-7,11H,13H2,1-3H3,(H,14,15). The molecule has 3 nitrogen and oxygen atoms in total. The first-order valence-corrected chi connectivity index (χ1v) is 6.27. The number of rotatable bonds is 3. The third-order valence-corrected chi connectivity index (χ3v) is 3.67. The molecule has 2 rings (SSSR count). The second-order valence-electron chi connectivity index (χ2n) is 4.36. The average molecular weight is 235 g/mol. The first kappa shape index (κ1) is 11.4. The zero-order valence-electron chi connectivity index (χ0n) is 9.82. The fourth-order valence-electron chi connectivity index (χ4n) is 1.53. The van der Waals surface area contributed by atoms with Gasteiger partial charge in [0.2, 0.25) is 0 Å². The summed E-state index contributed by atoms with van der Waals surface area (Å²) in [7, 11) is 0. The summed E-state index contributed by atoms with van der Waals surface area (Å²) in [5.74, 6) is 1.26. The number of hydrogen-bond donors (Lipinski definition) is 2. The molecule has 0 radical (unpaired) electrons. The highest BCUT2D eigenvalue weighted by Crippen LogP contribution is 2.27. The number of hydrogen-bond acceptors (Lipinski definition) is 3. The number of thiophene rings is 1. The van der Waals surface area contributed by atoms with Gasteiger partial charge in [-0.15, -0.1) is 11.3 Å². The third kappa shape index (κ3) is 2.18. The van der Waals surface area contributed by atoms with Gasteiger partial charge in [0.05, 0.1) is 22.8 Å². The molecule has 0 bridgehead atoms. The van der Waals surface area contributed by atoms with Gasteiger partial charge in [0.1, 0.15) is 5.82 Å². The lowest BCUT2D eigenvalue weighted by Gasteiger charge is -2.11. The minimum atomic E-state index is -0.0187. The molecule has 0 spiro atoms. The van der Waals surface area contributed by atoms with Crippen molar-refractivity contribution in [2.45, 2.75) is 26.8 Å². The van der Waals surface area contributed by atoms with E-state index in [1.54, 1.807) is 11.3 Å². The number of H-pyrrole nitrogens is 1. The number of aromatic nitrogens is 2. The molecular formula is C12H17N3S. The van der Waals surface area contributed by atoms with Gasteiger partial charge in [0.15, 0.2) is 0 Å². The molecule has 3 N–H and O–H groups in total. The second kappa shape index (κ2) is 4.39. The normalized spacial score (nSPS) is 13.3. The SMILES string of the molecule is Cc1ccc(-c2cnc(C(N)C(C)C)[nH]2)s1. The van der Waals surface area contributed by atoms with Crippen LogP contribution < -0.4 is 5.73 Å². The van der Waals surface area contributed by atoms with Gasteiger partial charge in [0, 0.05) is 4.88 Å². The lowest BCUT2D eigenvalue weighted by atomic mass is 10.1.